The van der Waals surface area contributed by atoms with E-state index in [0.29, 0.717) is 11.3 Å². The lowest BCUT2D eigenvalue weighted by atomic mass is 10.1. The Bertz CT molecular complexity index is 756. The molecule has 6 nitrogen and oxygen atoms in total. The summed E-state index contributed by atoms with van der Waals surface area (Å²) in [6, 6.07) is 13.5. The molecule has 2 aromatic rings. The van der Waals surface area contributed by atoms with Crippen LogP contribution in [0.15, 0.2) is 48.5 Å². The molecule has 0 radical (unpaired) electrons. The summed E-state index contributed by atoms with van der Waals surface area (Å²) in [5, 5.41) is 2.67. The van der Waals surface area contributed by atoms with E-state index in [4.69, 9.17) is 10.5 Å². The third-order valence-corrected chi connectivity index (χ3v) is 3.02. The number of nitrogens with one attached hydrogen (secondary N) is 1. The lowest BCUT2D eigenvalue weighted by Crippen LogP contribution is -2.22. The zero-order valence-corrected chi connectivity index (χ0v) is 12.5. The summed E-state index contributed by atoms with van der Waals surface area (Å²) in [5.74, 6) is -1.83. The third kappa shape index (κ3) is 4.41. The molecular formula is C17H16N2O4. The summed E-state index contributed by atoms with van der Waals surface area (Å²) in [4.78, 5) is 34.9. The van der Waals surface area contributed by atoms with Crippen molar-refractivity contribution in [2.45, 2.75) is 6.92 Å². The average molecular weight is 312 g/mol. The number of nitrogens with two attached hydrogens (primary N) is 1. The third-order valence-electron chi connectivity index (χ3n) is 3.02. The average Bonchev–Trinajstić information content (AvgIpc) is 2.53. The molecule has 0 aliphatic rings. The minimum Gasteiger partial charge on any atom is -0.452 e. The van der Waals surface area contributed by atoms with E-state index in [2.05, 4.69) is 5.32 Å². The van der Waals surface area contributed by atoms with Crippen molar-refractivity contribution >= 4 is 23.5 Å². The maximum atomic E-state index is 12.3. The second-order valence-corrected chi connectivity index (χ2v) is 4.91. The molecule has 0 saturated carbocycles. The number of ether oxygens (including phenoxy) is 1. The zero-order chi connectivity index (χ0) is 16.8. The van der Waals surface area contributed by atoms with Crippen molar-refractivity contribution in [1.29, 1.82) is 0 Å². The minimum atomic E-state index is -0.750. The quantitative estimate of drug-likeness (QED) is 0.824. The highest BCUT2D eigenvalue weighted by atomic mass is 16.5. The lowest BCUT2D eigenvalue weighted by molar-refractivity contribution is -0.121. The van der Waals surface area contributed by atoms with E-state index in [1.54, 1.807) is 36.4 Å². The largest absolute Gasteiger partial charge is 0.452 e. The molecule has 0 saturated heterocycles. The van der Waals surface area contributed by atoms with E-state index in [0.717, 1.165) is 5.56 Å². The molecule has 0 spiro atoms. The van der Waals surface area contributed by atoms with Crippen LogP contribution in [-0.2, 0) is 9.53 Å². The summed E-state index contributed by atoms with van der Waals surface area (Å²) >= 11 is 0. The summed E-state index contributed by atoms with van der Waals surface area (Å²) < 4.78 is 4.77. The number of hydrogen-bond acceptors (Lipinski definition) is 4. The molecular weight excluding hydrogens is 296 g/mol. The zero-order valence-electron chi connectivity index (χ0n) is 12.5. The van der Waals surface area contributed by atoms with E-state index in [-0.39, 0.29) is 11.5 Å². The first-order valence-electron chi connectivity index (χ1n) is 6.90. The van der Waals surface area contributed by atoms with E-state index in [1.807, 2.05) is 13.0 Å². The molecule has 0 aliphatic heterocycles. The van der Waals surface area contributed by atoms with Crippen LogP contribution in [0.3, 0.4) is 0 Å². The van der Waals surface area contributed by atoms with Gasteiger partial charge in [-0.05, 0) is 31.2 Å². The number of amides is 2. The van der Waals surface area contributed by atoms with Gasteiger partial charge in [-0.25, -0.2) is 4.79 Å². The predicted octanol–water partition coefficient (Wildman–Crippen LogP) is 1.89. The fourth-order valence-electron chi connectivity index (χ4n) is 1.97. The second kappa shape index (κ2) is 7.22. The maximum Gasteiger partial charge on any atom is 0.340 e. The molecule has 6 heteroatoms. The van der Waals surface area contributed by atoms with Gasteiger partial charge in [-0.2, -0.15) is 0 Å². The Labute approximate surface area is 133 Å². The molecule has 0 atom stereocenters. The number of esters is 1. The summed E-state index contributed by atoms with van der Waals surface area (Å²) in [6.45, 7) is 1.37. The van der Waals surface area contributed by atoms with Crippen molar-refractivity contribution in [3.63, 3.8) is 0 Å². The van der Waals surface area contributed by atoms with Crippen LogP contribution in [0.1, 0.15) is 26.3 Å². The molecule has 0 fully saturated rings. The Balaban J connectivity index is 2.18. The van der Waals surface area contributed by atoms with Gasteiger partial charge in [-0.15, -0.1) is 0 Å². The fraction of sp³-hybridized carbons (Fsp3) is 0.118. The number of primary amides is 1. The molecule has 3 N–H and O–H groups in total. The molecule has 2 amide bonds. The Hall–Kier alpha value is -3.15. The number of benzene rings is 2. The van der Waals surface area contributed by atoms with Crippen molar-refractivity contribution in [1.82, 2.24) is 0 Å². The van der Waals surface area contributed by atoms with Gasteiger partial charge in [0, 0.05) is 5.56 Å². The predicted molar refractivity (Wildman–Crippen MR) is 85.1 cm³/mol. The highest BCUT2D eigenvalue weighted by molar-refractivity contribution is 6.08. The first-order chi connectivity index (χ1) is 11.0. The van der Waals surface area contributed by atoms with Crippen LogP contribution in [-0.4, -0.2) is 24.4 Å². The number of aryl methyl sites for hydroxylation is 1. The minimum absolute atomic E-state index is 0.148. The smallest absolute Gasteiger partial charge is 0.340 e. The molecule has 0 heterocycles. The summed E-state index contributed by atoms with van der Waals surface area (Å²) in [7, 11) is 0. The van der Waals surface area contributed by atoms with E-state index >= 15 is 0 Å². The molecule has 2 rings (SSSR count). The van der Waals surface area contributed by atoms with Crippen LogP contribution in [0, 0.1) is 6.92 Å². The number of carbonyl (C=O) groups excluding carboxylic acids is 3. The highest BCUT2D eigenvalue weighted by Crippen LogP contribution is 2.17. The first-order valence-corrected chi connectivity index (χ1v) is 6.90. The number of carbonyl (C=O) groups is 3. The molecule has 0 bridgehead atoms. The summed E-state index contributed by atoms with van der Waals surface area (Å²) in [6.07, 6.45) is 0. The Morgan fingerprint density at radius 2 is 1.83 bits per heavy atom. The number of para-hydroxylation sites is 1. The van der Waals surface area contributed by atoms with E-state index in [9.17, 15) is 14.4 Å². The molecule has 0 aliphatic carbocycles. The lowest BCUT2D eigenvalue weighted by Gasteiger charge is -2.10. The van der Waals surface area contributed by atoms with Gasteiger partial charge in [0.2, 0.25) is 0 Å². The normalized spacial score (nSPS) is 9.96. The van der Waals surface area contributed by atoms with Crippen LogP contribution in [0.5, 0.6) is 0 Å². The molecule has 0 aromatic heterocycles. The molecule has 2 aromatic carbocycles. The van der Waals surface area contributed by atoms with Gasteiger partial charge < -0.3 is 15.8 Å². The molecule has 23 heavy (non-hydrogen) atoms. The Morgan fingerprint density at radius 1 is 1.09 bits per heavy atom. The van der Waals surface area contributed by atoms with Crippen LogP contribution in [0.4, 0.5) is 5.69 Å². The van der Waals surface area contributed by atoms with Gasteiger partial charge in [0.25, 0.3) is 11.8 Å². The SMILES string of the molecule is Cc1cccc(C(=O)Nc2ccccc2C(=O)OCC(N)=O)c1. The monoisotopic (exact) mass is 312 g/mol. The Kier molecular flexibility index (Phi) is 5.09. The Morgan fingerprint density at radius 3 is 2.52 bits per heavy atom. The van der Waals surface area contributed by atoms with Gasteiger partial charge in [-0.3, -0.25) is 9.59 Å². The van der Waals surface area contributed by atoms with E-state index < -0.39 is 18.5 Å². The fourth-order valence-corrected chi connectivity index (χ4v) is 1.97. The molecule has 118 valence electrons. The topological polar surface area (TPSA) is 98.5 Å². The van der Waals surface area contributed by atoms with Gasteiger partial charge in [0.1, 0.15) is 0 Å². The van der Waals surface area contributed by atoms with Gasteiger partial charge in [-0.1, -0.05) is 29.8 Å². The van der Waals surface area contributed by atoms with Crippen LogP contribution in [0.25, 0.3) is 0 Å². The standard InChI is InChI=1S/C17H16N2O4/c1-11-5-4-6-12(9-11)16(21)19-14-8-3-2-7-13(14)17(22)23-10-15(18)20/h2-9H,10H2,1H3,(H2,18,20)(H,19,21). The van der Waals surface area contributed by atoms with Crippen molar-refractivity contribution in [3.8, 4) is 0 Å². The van der Waals surface area contributed by atoms with Crippen molar-refractivity contribution in [2.24, 2.45) is 5.73 Å². The van der Waals surface area contributed by atoms with Crippen LogP contribution >= 0.6 is 0 Å². The number of rotatable bonds is 5. The van der Waals surface area contributed by atoms with E-state index in [1.165, 1.54) is 6.07 Å². The van der Waals surface area contributed by atoms with Crippen LogP contribution in [0.2, 0.25) is 0 Å². The first kappa shape index (κ1) is 16.2. The highest BCUT2D eigenvalue weighted by Gasteiger charge is 2.15. The van der Waals surface area contributed by atoms with Crippen LogP contribution < -0.4 is 11.1 Å². The van der Waals surface area contributed by atoms with Gasteiger partial charge in [0.15, 0.2) is 6.61 Å². The second-order valence-electron chi connectivity index (χ2n) is 4.91. The van der Waals surface area contributed by atoms with Gasteiger partial charge in [0.05, 0.1) is 11.3 Å². The number of anilines is 1. The van der Waals surface area contributed by atoms with Gasteiger partial charge >= 0.3 is 5.97 Å². The van der Waals surface area contributed by atoms with Crippen molar-refractivity contribution < 1.29 is 19.1 Å². The maximum absolute atomic E-state index is 12.3. The number of hydrogen-bond donors (Lipinski definition) is 2. The van der Waals surface area contributed by atoms with Crippen molar-refractivity contribution in [3.05, 3.63) is 65.2 Å². The molecule has 0 unspecified atom stereocenters. The summed E-state index contributed by atoms with van der Waals surface area (Å²) in [5.41, 5.74) is 6.82. The van der Waals surface area contributed by atoms with Crippen molar-refractivity contribution in [2.75, 3.05) is 11.9 Å².